The summed E-state index contributed by atoms with van der Waals surface area (Å²) in [4.78, 5) is 12.4. The van der Waals surface area contributed by atoms with Gasteiger partial charge in [0.25, 0.3) is 0 Å². The zero-order chi connectivity index (χ0) is 16.7. The summed E-state index contributed by atoms with van der Waals surface area (Å²) in [5, 5.41) is 2.94. The van der Waals surface area contributed by atoms with Crippen LogP contribution in [0.2, 0.25) is 0 Å². The highest BCUT2D eigenvalue weighted by molar-refractivity contribution is 5.83. The first kappa shape index (κ1) is 17.8. The van der Waals surface area contributed by atoms with Crippen LogP contribution in [-0.2, 0) is 9.53 Å². The fourth-order valence-corrected chi connectivity index (χ4v) is 2.76. The van der Waals surface area contributed by atoms with Crippen LogP contribution in [0.15, 0.2) is 24.3 Å². The zero-order valence-electron chi connectivity index (χ0n) is 14.1. The molecule has 5 nitrogen and oxygen atoms in total. The van der Waals surface area contributed by atoms with E-state index in [4.69, 9.17) is 15.2 Å². The largest absolute Gasteiger partial charge is 0.492 e. The molecule has 0 atom stereocenters. The van der Waals surface area contributed by atoms with Crippen LogP contribution in [0.1, 0.15) is 38.2 Å². The first-order chi connectivity index (χ1) is 11.1. The van der Waals surface area contributed by atoms with Crippen molar-refractivity contribution < 1.29 is 14.3 Å². The van der Waals surface area contributed by atoms with Crippen molar-refractivity contribution in [3.63, 3.8) is 0 Å². The Morgan fingerprint density at radius 3 is 2.52 bits per heavy atom. The van der Waals surface area contributed by atoms with E-state index in [1.165, 1.54) is 5.56 Å². The van der Waals surface area contributed by atoms with Gasteiger partial charge in [-0.3, -0.25) is 4.79 Å². The van der Waals surface area contributed by atoms with Gasteiger partial charge >= 0.3 is 0 Å². The lowest BCUT2D eigenvalue weighted by molar-refractivity contribution is -0.136. The number of nitrogens with one attached hydrogen (secondary N) is 1. The van der Waals surface area contributed by atoms with Gasteiger partial charge in [0.05, 0.1) is 12.0 Å². The molecule has 1 aromatic rings. The Bertz CT molecular complexity index is 493. The van der Waals surface area contributed by atoms with E-state index in [9.17, 15) is 4.79 Å². The van der Waals surface area contributed by atoms with Gasteiger partial charge in [-0.25, -0.2) is 0 Å². The molecule has 1 aliphatic heterocycles. The lowest BCUT2D eigenvalue weighted by Gasteiger charge is -2.34. The second-order valence-electron chi connectivity index (χ2n) is 6.42. The summed E-state index contributed by atoms with van der Waals surface area (Å²) in [6.07, 6.45) is 1.37. The molecule has 0 saturated carbocycles. The van der Waals surface area contributed by atoms with E-state index >= 15 is 0 Å². The van der Waals surface area contributed by atoms with Crippen LogP contribution >= 0.6 is 0 Å². The average molecular weight is 320 g/mol. The summed E-state index contributed by atoms with van der Waals surface area (Å²) in [5.74, 6) is 1.35. The number of amides is 1. The monoisotopic (exact) mass is 320 g/mol. The molecule has 1 heterocycles. The van der Waals surface area contributed by atoms with Crippen LogP contribution in [0.25, 0.3) is 0 Å². The summed E-state index contributed by atoms with van der Waals surface area (Å²) in [7, 11) is 0. The molecule has 23 heavy (non-hydrogen) atoms. The Labute approximate surface area is 138 Å². The number of carbonyl (C=O) groups excluding carboxylic acids is 1. The lowest BCUT2D eigenvalue weighted by Crippen LogP contribution is -2.49. The summed E-state index contributed by atoms with van der Waals surface area (Å²) in [6, 6.07) is 8.09. The third kappa shape index (κ3) is 4.69. The molecular weight excluding hydrogens is 292 g/mol. The highest BCUT2D eigenvalue weighted by atomic mass is 16.5. The van der Waals surface area contributed by atoms with Crippen LogP contribution in [0, 0.1) is 5.41 Å². The molecule has 0 bridgehead atoms. The van der Waals surface area contributed by atoms with Crippen molar-refractivity contribution in [2.75, 3.05) is 32.9 Å². The predicted octanol–water partition coefficient (Wildman–Crippen LogP) is 2.06. The van der Waals surface area contributed by atoms with Crippen LogP contribution in [0.5, 0.6) is 5.75 Å². The standard InChI is InChI=1S/C18H28N2O3/c1-14(2)15-3-5-16(6-4-15)23-12-9-20-17(21)18(13-19)7-10-22-11-8-18/h3-6,14H,7-13,19H2,1-2H3,(H,20,21). The van der Waals surface area contributed by atoms with E-state index in [1.807, 2.05) is 12.1 Å². The van der Waals surface area contributed by atoms with Crippen LogP contribution in [0.4, 0.5) is 0 Å². The maximum absolute atomic E-state index is 12.4. The van der Waals surface area contributed by atoms with Gasteiger partial charge in [-0.05, 0) is 36.5 Å². The highest BCUT2D eigenvalue weighted by Gasteiger charge is 2.38. The Balaban J connectivity index is 1.75. The van der Waals surface area contributed by atoms with Gasteiger partial charge in [0.2, 0.25) is 5.91 Å². The molecule has 0 unspecified atom stereocenters. The number of ether oxygens (including phenoxy) is 2. The van der Waals surface area contributed by atoms with Crippen molar-refractivity contribution in [1.29, 1.82) is 0 Å². The molecular formula is C18H28N2O3. The van der Waals surface area contributed by atoms with E-state index in [0.29, 0.717) is 51.7 Å². The molecule has 1 fully saturated rings. The van der Waals surface area contributed by atoms with E-state index in [-0.39, 0.29) is 5.91 Å². The molecule has 3 N–H and O–H groups in total. The molecule has 1 aliphatic rings. The number of rotatable bonds is 7. The second-order valence-corrected chi connectivity index (χ2v) is 6.42. The molecule has 0 radical (unpaired) electrons. The summed E-state index contributed by atoms with van der Waals surface area (Å²) in [6.45, 7) is 6.81. The van der Waals surface area contributed by atoms with Gasteiger partial charge in [-0.2, -0.15) is 0 Å². The Morgan fingerprint density at radius 2 is 1.96 bits per heavy atom. The molecule has 2 rings (SSSR count). The van der Waals surface area contributed by atoms with Crippen molar-refractivity contribution in [2.24, 2.45) is 11.1 Å². The normalized spacial score (nSPS) is 17.0. The molecule has 0 spiro atoms. The molecule has 128 valence electrons. The number of hydrogen-bond acceptors (Lipinski definition) is 4. The number of carbonyl (C=O) groups is 1. The van der Waals surface area contributed by atoms with Gasteiger partial charge < -0.3 is 20.5 Å². The third-order valence-corrected chi connectivity index (χ3v) is 4.53. The van der Waals surface area contributed by atoms with Crippen molar-refractivity contribution in [3.05, 3.63) is 29.8 Å². The van der Waals surface area contributed by atoms with Gasteiger partial charge in [0.15, 0.2) is 0 Å². The van der Waals surface area contributed by atoms with E-state index in [0.717, 1.165) is 5.75 Å². The maximum Gasteiger partial charge on any atom is 0.227 e. The first-order valence-corrected chi connectivity index (χ1v) is 8.36. The minimum Gasteiger partial charge on any atom is -0.492 e. The number of nitrogens with two attached hydrogens (primary N) is 1. The second kappa shape index (κ2) is 8.31. The quantitative estimate of drug-likeness (QED) is 0.754. The lowest BCUT2D eigenvalue weighted by atomic mass is 9.79. The van der Waals surface area contributed by atoms with Gasteiger partial charge in [-0.1, -0.05) is 26.0 Å². The van der Waals surface area contributed by atoms with Crippen LogP contribution in [0.3, 0.4) is 0 Å². The van der Waals surface area contributed by atoms with E-state index in [2.05, 4.69) is 31.3 Å². The zero-order valence-corrected chi connectivity index (χ0v) is 14.1. The van der Waals surface area contributed by atoms with E-state index < -0.39 is 5.41 Å². The van der Waals surface area contributed by atoms with Gasteiger partial charge in [0.1, 0.15) is 12.4 Å². The maximum atomic E-state index is 12.4. The van der Waals surface area contributed by atoms with Crippen LogP contribution in [-0.4, -0.2) is 38.8 Å². The van der Waals surface area contributed by atoms with Crippen molar-refractivity contribution in [3.8, 4) is 5.75 Å². The highest BCUT2D eigenvalue weighted by Crippen LogP contribution is 2.29. The minimum atomic E-state index is -0.475. The van der Waals surface area contributed by atoms with E-state index in [1.54, 1.807) is 0 Å². The molecule has 0 aromatic heterocycles. The SMILES string of the molecule is CC(C)c1ccc(OCCNC(=O)C2(CN)CCOCC2)cc1. The molecule has 1 aromatic carbocycles. The number of benzene rings is 1. The topological polar surface area (TPSA) is 73.6 Å². The fourth-order valence-electron chi connectivity index (χ4n) is 2.76. The minimum absolute atomic E-state index is 0.0158. The molecule has 1 saturated heterocycles. The predicted molar refractivity (Wildman–Crippen MR) is 90.6 cm³/mol. The smallest absolute Gasteiger partial charge is 0.227 e. The Hall–Kier alpha value is -1.59. The summed E-state index contributed by atoms with van der Waals surface area (Å²) in [5.41, 5.74) is 6.64. The molecule has 0 aliphatic carbocycles. The third-order valence-electron chi connectivity index (χ3n) is 4.53. The summed E-state index contributed by atoms with van der Waals surface area (Å²) < 4.78 is 11.0. The Morgan fingerprint density at radius 1 is 1.30 bits per heavy atom. The van der Waals surface area contributed by atoms with Crippen molar-refractivity contribution >= 4 is 5.91 Å². The molecule has 1 amide bonds. The average Bonchev–Trinajstić information content (AvgIpc) is 2.59. The fraction of sp³-hybridized carbons (Fsp3) is 0.611. The summed E-state index contributed by atoms with van der Waals surface area (Å²) >= 11 is 0. The van der Waals surface area contributed by atoms with Crippen LogP contribution < -0.4 is 15.8 Å². The van der Waals surface area contributed by atoms with Crippen molar-refractivity contribution in [1.82, 2.24) is 5.32 Å². The van der Waals surface area contributed by atoms with Gasteiger partial charge in [-0.15, -0.1) is 0 Å². The van der Waals surface area contributed by atoms with Gasteiger partial charge in [0, 0.05) is 19.8 Å². The Kier molecular flexibility index (Phi) is 6.42. The van der Waals surface area contributed by atoms with Crippen molar-refractivity contribution in [2.45, 2.75) is 32.6 Å². The molecule has 5 heteroatoms. The number of hydrogen-bond donors (Lipinski definition) is 2. The first-order valence-electron chi connectivity index (χ1n) is 8.36.